The van der Waals surface area contributed by atoms with Gasteiger partial charge >= 0.3 is 0 Å². The van der Waals surface area contributed by atoms with Crippen molar-refractivity contribution in [3.8, 4) is 5.88 Å². The molecule has 0 bridgehead atoms. The maximum atomic E-state index is 12.4. The molecule has 1 amide bonds. The first-order valence-electron chi connectivity index (χ1n) is 8.51. The van der Waals surface area contributed by atoms with E-state index < -0.39 is 0 Å². The van der Waals surface area contributed by atoms with Crippen molar-refractivity contribution in [2.75, 3.05) is 6.61 Å². The van der Waals surface area contributed by atoms with Gasteiger partial charge in [0.1, 0.15) is 6.33 Å². The minimum Gasteiger partial charge on any atom is -0.467 e. The van der Waals surface area contributed by atoms with Crippen LogP contribution in [0.3, 0.4) is 0 Å². The lowest BCUT2D eigenvalue weighted by Crippen LogP contribution is -2.34. The zero-order valence-electron chi connectivity index (χ0n) is 13.8. The molecule has 0 radical (unpaired) electrons. The molecule has 0 spiro atoms. The number of nitrogens with one attached hydrogen (secondary N) is 1. The number of carbonyl (C=O) groups is 1. The standard InChI is InChI=1S/C20H19N3O2/c24-19(23-18-11-5-7-14-6-1-2-8-15(14)18)12-25-20-16-9-3-4-10-17(16)21-13-22-20/h1-4,6,8-10,13,18H,5,7,11-12H2,(H,23,24)/t18-/m1/s1. The average Bonchev–Trinajstić information content (AvgIpc) is 2.66. The van der Waals surface area contributed by atoms with E-state index in [2.05, 4.69) is 27.4 Å². The normalized spacial score (nSPS) is 16.2. The molecule has 0 saturated carbocycles. The topological polar surface area (TPSA) is 64.1 Å². The SMILES string of the molecule is O=C(COc1ncnc2ccccc12)N[C@@H]1CCCc2ccccc21. The van der Waals surface area contributed by atoms with Crippen LogP contribution in [0.2, 0.25) is 0 Å². The minimum atomic E-state index is -0.135. The van der Waals surface area contributed by atoms with Crippen molar-refractivity contribution in [2.24, 2.45) is 0 Å². The molecule has 1 aliphatic rings. The number of amides is 1. The summed E-state index contributed by atoms with van der Waals surface area (Å²) in [5, 5.41) is 3.89. The van der Waals surface area contributed by atoms with E-state index in [4.69, 9.17) is 4.74 Å². The molecule has 1 N–H and O–H groups in total. The van der Waals surface area contributed by atoms with E-state index in [0.717, 1.165) is 30.2 Å². The second-order valence-electron chi connectivity index (χ2n) is 6.20. The van der Waals surface area contributed by atoms with Crippen LogP contribution in [0.4, 0.5) is 0 Å². The van der Waals surface area contributed by atoms with Gasteiger partial charge in [-0.15, -0.1) is 0 Å². The van der Waals surface area contributed by atoms with E-state index >= 15 is 0 Å². The van der Waals surface area contributed by atoms with Gasteiger partial charge in [0.15, 0.2) is 6.61 Å². The van der Waals surface area contributed by atoms with Gasteiger partial charge in [0.05, 0.1) is 16.9 Å². The highest BCUT2D eigenvalue weighted by atomic mass is 16.5. The maximum Gasteiger partial charge on any atom is 0.258 e. The summed E-state index contributed by atoms with van der Waals surface area (Å²) in [6.07, 6.45) is 4.57. The smallest absolute Gasteiger partial charge is 0.258 e. The number of nitrogens with zero attached hydrogens (tertiary/aromatic N) is 2. The van der Waals surface area contributed by atoms with E-state index in [1.807, 2.05) is 36.4 Å². The third-order valence-electron chi connectivity index (χ3n) is 4.55. The van der Waals surface area contributed by atoms with Crippen LogP contribution < -0.4 is 10.1 Å². The van der Waals surface area contributed by atoms with Crippen molar-refractivity contribution in [1.82, 2.24) is 15.3 Å². The molecule has 0 saturated heterocycles. The van der Waals surface area contributed by atoms with Gasteiger partial charge in [-0.05, 0) is 42.5 Å². The fraction of sp³-hybridized carbons (Fsp3) is 0.250. The summed E-state index contributed by atoms with van der Waals surface area (Å²) >= 11 is 0. The van der Waals surface area contributed by atoms with Crippen LogP contribution in [0.25, 0.3) is 10.9 Å². The largest absolute Gasteiger partial charge is 0.467 e. The van der Waals surface area contributed by atoms with E-state index in [-0.39, 0.29) is 18.6 Å². The minimum absolute atomic E-state index is 0.0559. The fourth-order valence-electron chi connectivity index (χ4n) is 3.37. The molecule has 1 aliphatic carbocycles. The van der Waals surface area contributed by atoms with Crippen molar-refractivity contribution in [1.29, 1.82) is 0 Å². The molecular weight excluding hydrogens is 314 g/mol. The summed E-state index contributed by atoms with van der Waals surface area (Å²) < 4.78 is 5.65. The average molecular weight is 333 g/mol. The summed E-state index contributed by atoms with van der Waals surface area (Å²) in [5.41, 5.74) is 3.34. The first-order chi connectivity index (χ1) is 12.3. The van der Waals surface area contributed by atoms with Gasteiger partial charge in [-0.25, -0.2) is 9.97 Å². The van der Waals surface area contributed by atoms with Crippen molar-refractivity contribution in [3.63, 3.8) is 0 Å². The summed E-state index contributed by atoms with van der Waals surface area (Å²) in [4.78, 5) is 20.7. The molecule has 0 fully saturated rings. The number of aromatic nitrogens is 2. The molecule has 5 nitrogen and oxygen atoms in total. The zero-order valence-corrected chi connectivity index (χ0v) is 13.8. The van der Waals surface area contributed by atoms with Crippen molar-refractivity contribution in [2.45, 2.75) is 25.3 Å². The van der Waals surface area contributed by atoms with E-state index in [0.29, 0.717) is 5.88 Å². The molecule has 2 aromatic carbocycles. The van der Waals surface area contributed by atoms with E-state index in [9.17, 15) is 4.79 Å². The van der Waals surface area contributed by atoms with Gasteiger partial charge in [-0.2, -0.15) is 0 Å². The molecule has 0 aliphatic heterocycles. The molecule has 25 heavy (non-hydrogen) atoms. The summed E-state index contributed by atoms with van der Waals surface area (Å²) in [6.45, 7) is -0.0559. The Morgan fingerprint density at radius 2 is 1.96 bits per heavy atom. The highest BCUT2D eigenvalue weighted by molar-refractivity contribution is 5.84. The highest BCUT2D eigenvalue weighted by Gasteiger charge is 2.21. The molecule has 3 aromatic rings. The predicted octanol–water partition coefficient (Wildman–Crippen LogP) is 3.20. The number of rotatable bonds is 4. The molecule has 5 heteroatoms. The lowest BCUT2D eigenvalue weighted by atomic mass is 9.88. The van der Waals surface area contributed by atoms with Crippen LogP contribution in [0.15, 0.2) is 54.9 Å². The number of hydrogen-bond acceptors (Lipinski definition) is 4. The van der Waals surface area contributed by atoms with E-state index in [1.54, 1.807) is 0 Å². The Morgan fingerprint density at radius 1 is 1.12 bits per heavy atom. The third kappa shape index (κ3) is 3.31. The maximum absolute atomic E-state index is 12.4. The molecular formula is C20H19N3O2. The Balaban J connectivity index is 1.43. The van der Waals surface area contributed by atoms with Crippen molar-refractivity contribution >= 4 is 16.8 Å². The lowest BCUT2D eigenvalue weighted by Gasteiger charge is -2.26. The first-order valence-corrected chi connectivity index (χ1v) is 8.51. The van der Waals surface area contributed by atoms with Crippen molar-refractivity contribution in [3.05, 3.63) is 66.0 Å². The number of hydrogen-bond donors (Lipinski definition) is 1. The third-order valence-corrected chi connectivity index (χ3v) is 4.55. The van der Waals surface area contributed by atoms with E-state index in [1.165, 1.54) is 17.5 Å². The Bertz CT molecular complexity index is 905. The van der Waals surface area contributed by atoms with Crippen LogP contribution in [0.1, 0.15) is 30.0 Å². The second kappa shape index (κ2) is 6.89. The van der Waals surface area contributed by atoms with Gasteiger partial charge in [0.25, 0.3) is 5.91 Å². The summed E-state index contributed by atoms with van der Waals surface area (Å²) in [7, 11) is 0. The van der Waals surface area contributed by atoms with Crippen molar-refractivity contribution < 1.29 is 9.53 Å². The lowest BCUT2D eigenvalue weighted by molar-refractivity contribution is -0.124. The number of carbonyl (C=O) groups excluding carboxylic acids is 1. The summed E-state index contributed by atoms with van der Waals surface area (Å²) in [6, 6.07) is 15.9. The van der Waals surface area contributed by atoms with Gasteiger partial charge in [-0.3, -0.25) is 4.79 Å². The predicted molar refractivity (Wildman–Crippen MR) is 95.3 cm³/mol. The molecule has 0 unspecified atom stereocenters. The molecule has 1 aromatic heterocycles. The molecule has 4 rings (SSSR count). The van der Waals surface area contributed by atoms with Crippen LogP contribution in [-0.2, 0) is 11.2 Å². The zero-order chi connectivity index (χ0) is 17.1. The second-order valence-corrected chi connectivity index (χ2v) is 6.20. The fourth-order valence-corrected chi connectivity index (χ4v) is 3.37. The van der Waals surface area contributed by atoms with Crippen LogP contribution in [0.5, 0.6) is 5.88 Å². The number of ether oxygens (including phenoxy) is 1. The Hall–Kier alpha value is -2.95. The molecule has 126 valence electrons. The Kier molecular flexibility index (Phi) is 4.29. The van der Waals surface area contributed by atoms with Gasteiger partial charge in [0.2, 0.25) is 5.88 Å². The number of fused-ring (bicyclic) bond motifs is 2. The van der Waals surface area contributed by atoms with Gasteiger partial charge in [0, 0.05) is 0 Å². The van der Waals surface area contributed by atoms with Crippen LogP contribution >= 0.6 is 0 Å². The van der Waals surface area contributed by atoms with Crippen LogP contribution in [-0.4, -0.2) is 22.5 Å². The molecule has 1 heterocycles. The van der Waals surface area contributed by atoms with Crippen LogP contribution in [0, 0.1) is 0 Å². The first kappa shape index (κ1) is 15.6. The highest BCUT2D eigenvalue weighted by Crippen LogP contribution is 2.29. The Morgan fingerprint density at radius 3 is 2.92 bits per heavy atom. The number of benzene rings is 2. The Labute approximate surface area is 146 Å². The monoisotopic (exact) mass is 333 g/mol. The number of para-hydroxylation sites is 1. The quantitative estimate of drug-likeness (QED) is 0.796. The summed E-state index contributed by atoms with van der Waals surface area (Å²) in [5.74, 6) is 0.300. The van der Waals surface area contributed by atoms with Gasteiger partial charge < -0.3 is 10.1 Å². The molecule has 1 atom stereocenters. The van der Waals surface area contributed by atoms with Gasteiger partial charge in [-0.1, -0.05) is 36.4 Å². The number of aryl methyl sites for hydroxylation is 1.